The average Bonchev–Trinajstić information content (AvgIpc) is 2.42. The quantitative estimate of drug-likeness (QED) is 0.421. The van der Waals surface area contributed by atoms with Gasteiger partial charge in [0.1, 0.15) is 0 Å². The van der Waals surface area contributed by atoms with Crippen molar-refractivity contribution in [2.24, 2.45) is 0 Å². The monoisotopic (exact) mass is 194 g/mol. The van der Waals surface area contributed by atoms with Gasteiger partial charge < -0.3 is 5.32 Å². The van der Waals surface area contributed by atoms with Crippen LogP contribution in [0.15, 0.2) is 18.2 Å². The smallest absolute Gasteiger partial charge is 0.269 e. The van der Waals surface area contributed by atoms with Crippen molar-refractivity contribution in [3.63, 3.8) is 0 Å². The van der Waals surface area contributed by atoms with E-state index in [1.807, 2.05) is 0 Å². The van der Waals surface area contributed by atoms with Crippen LogP contribution in [0.2, 0.25) is 0 Å². The minimum atomic E-state index is -0.401. The molecule has 1 aliphatic rings. The van der Waals surface area contributed by atoms with E-state index >= 15 is 0 Å². The van der Waals surface area contributed by atoms with Gasteiger partial charge in [0, 0.05) is 24.2 Å². The molecule has 0 aromatic heterocycles. The number of thiocarbonyl (C=S) groups is 1. The first kappa shape index (κ1) is 8.12. The summed E-state index contributed by atoms with van der Waals surface area (Å²) in [5.74, 6) is 0. The largest absolute Gasteiger partial charge is 0.350 e. The zero-order valence-electron chi connectivity index (χ0n) is 6.61. The molecule has 1 aromatic rings. The Labute approximate surface area is 79.7 Å². The fourth-order valence-electron chi connectivity index (χ4n) is 1.33. The molecule has 0 unspecified atom stereocenters. The third kappa shape index (κ3) is 1.38. The molecule has 0 radical (unpaired) electrons. The second-order valence-electron chi connectivity index (χ2n) is 2.82. The van der Waals surface area contributed by atoms with Crippen LogP contribution in [0.25, 0.3) is 0 Å². The highest BCUT2D eigenvalue weighted by Crippen LogP contribution is 2.27. The first-order chi connectivity index (χ1) is 6.16. The SMILES string of the molecule is O=[N+]([O-])c1ccc2c(c1)CC(=S)N2. The second-order valence-corrected chi connectivity index (χ2v) is 3.32. The van der Waals surface area contributed by atoms with Crippen LogP contribution >= 0.6 is 12.2 Å². The zero-order chi connectivity index (χ0) is 9.42. The van der Waals surface area contributed by atoms with Crippen molar-refractivity contribution in [3.8, 4) is 0 Å². The summed E-state index contributed by atoms with van der Waals surface area (Å²) in [4.78, 5) is 10.8. The summed E-state index contributed by atoms with van der Waals surface area (Å²) in [6.07, 6.45) is 0.604. The summed E-state index contributed by atoms with van der Waals surface area (Å²) in [5.41, 5.74) is 1.90. The number of rotatable bonds is 1. The number of anilines is 1. The van der Waals surface area contributed by atoms with E-state index in [1.165, 1.54) is 6.07 Å². The molecule has 0 saturated heterocycles. The van der Waals surface area contributed by atoms with Crippen LogP contribution < -0.4 is 5.32 Å². The van der Waals surface area contributed by atoms with E-state index in [-0.39, 0.29) is 5.69 Å². The van der Waals surface area contributed by atoms with Gasteiger partial charge in [0.15, 0.2) is 0 Å². The molecular formula is C8H6N2O2S. The fourth-order valence-corrected chi connectivity index (χ4v) is 1.59. The summed E-state index contributed by atoms with van der Waals surface area (Å²) in [6, 6.07) is 4.72. The van der Waals surface area contributed by atoms with E-state index in [9.17, 15) is 10.1 Å². The fraction of sp³-hybridized carbons (Fsp3) is 0.125. The molecule has 1 N–H and O–H groups in total. The lowest BCUT2D eigenvalue weighted by atomic mass is 10.1. The maximum atomic E-state index is 10.4. The number of fused-ring (bicyclic) bond motifs is 1. The van der Waals surface area contributed by atoms with Crippen molar-refractivity contribution in [2.45, 2.75) is 6.42 Å². The maximum Gasteiger partial charge on any atom is 0.269 e. The van der Waals surface area contributed by atoms with Crippen molar-refractivity contribution in [2.75, 3.05) is 5.32 Å². The third-order valence-electron chi connectivity index (χ3n) is 1.92. The van der Waals surface area contributed by atoms with Gasteiger partial charge in [0.05, 0.1) is 9.91 Å². The second kappa shape index (κ2) is 2.77. The highest BCUT2D eigenvalue weighted by molar-refractivity contribution is 7.80. The molecule has 0 atom stereocenters. The molecule has 1 aliphatic heterocycles. The standard InChI is InChI=1S/C8H6N2O2S/c11-10(12)6-1-2-7-5(3-6)4-8(13)9-7/h1-3H,4H2,(H,9,13). The summed E-state index contributed by atoms with van der Waals surface area (Å²) in [6.45, 7) is 0. The first-order valence-corrected chi connectivity index (χ1v) is 4.15. The Morgan fingerprint density at radius 1 is 1.54 bits per heavy atom. The first-order valence-electron chi connectivity index (χ1n) is 3.74. The molecule has 0 aliphatic carbocycles. The molecule has 4 nitrogen and oxygen atoms in total. The predicted molar refractivity (Wildman–Crippen MR) is 53.0 cm³/mol. The summed E-state index contributed by atoms with van der Waals surface area (Å²) in [7, 11) is 0. The van der Waals surface area contributed by atoms with Crippen LogP contribution in [0.3, 0.4) is 0 Å². The minimum absolute atomic E-state index is 0.116. The van der Waals surface area contributed by atoms with Gasteiger partial charge >= 0.3 is 0 Å². The van der Waals surface area contributed by atoms with Gasteiger partial charge in [0.25, 0.3) is 5.69 Å². The molecule has 66 valence electrons. The van der Waals surface area contributed by atoms with E-state index in [2.05, 4.69) is 5.32 Å². The number of nitro groups is 1. The normalized spacial score (nSPS) is 13.7. The molecule has 1 heterocycles. The van der Waals surface area contributed by atoms with Gasteiger partial charge in [-0.05, 0) is 11.6 Å². The van der Waals surface area contributed by atoms with Gasteiger partial charge in [-0.1, -0.05) is 12.2 Å². The molecule has 0 amide bonds. The van der Waals surface area contributed by atoms with Gasteiger partial charge in [-0.2, -0.15) is 0 Å². The number of non-ortho nitro benzene ring substituents is 1. The number of nitro benzene ring substituents is 1. The molecule has 2 rings (SSSR count). The molecule has 0 bridgehead atoms. The van der Waals surface area contributed by atoms with Crippen molar-refractivity contribution >= 4 is 28.6 Å². The molecule has 0 fully saturated rings. The minimum Gasteiger partial charge on any atom is -0.350 e. The molecule has 5 heteroatoms. The highest BCUT2D eigenvalue weighted by atomic mass is 32.1. The number of benzene rings is 1. The maximum absolute atomic E-state index is 10.4. The summed E-state index contributed by atoms with van der Waals surface area (Å²) in [5, 5.41) is 13.4. The highest BCUT2D eigenvalue weighted by Gasteiger charge is 2.17. The Morgan fingerprint density at radius 3 is 3.00 bits per heavy atom. The third-order valence-corrected chi connectivity index (χ3v) is 2.17. The van der Waals surface area contributed by atoms with Gasteiger partial charge in [-0.25, -0.2) is 0 Å². The lowest BCUT2D eigenvalue weighted by Gasteiger charge is -1.96. The Hall–Kier alpha value is -1.49. The molecule has 0 saturated carbocycles. The topological polar surface area (TPSA) is 55.2 Å². The van der Waals surface area contributed by atoms with E-state index in [4.69, 9.17) is 12.2 Å². The lowest BCUT2D eigenvalue weighted by Crippen LogP contribution is -2.00. The van der Waals surface area contributed by atoms with Crippen LogP contribution in [0.4, 0.5) is 11.4 Å². The zero-order valence-corrected chi connectivity index (χ0v) is 7.43. The number of nitrogens with one attached hydrogen (secondary N) is 1. The van der Waals surface area contributed by atoms with Gasteiger partial charge in [-0.15, -0.1) is 0 Å². The summed E-state index contributed by atoms with van der Waals surface area (Å²) < 4.78 is 0. The van der Waals surface area contributed by atoms with E-state index in [0.29, 0.717) is 6.42 Å². The van der Waals surface area contributed by atoms with Crippen LogP contribution in [0.1, 0.15) is 5.56 Å². The molecule has 0 spiro atoms. The Kier molecular flexibility index (Phi) is 1.73. The number of nitrogens with zero attached hydrogens (tertiary/aromatic N) is 1. The van der Waals surface area contributed by atoms with Gasteiger partial charge in [-0.3, -0.25) is 10.1 Å². The number of hydrogen-bond donors (Lipinski definition) is 1. The van der Waals surface area contributed by atoms with Crippen molar-refractivity contribution in [1.29, 1.82) is 0 Å². The van der Waals surface area contributed by atoms with Gasteiger partial charge in [0.2, 0.25) is 0 Å². The van der Waals surface area contributed by atoms with E-state index in [1.54, 1.807) is 12.1 Å². The Morgan fingerprint density at radius 2 is 2.31 bits per heavy atom. The Balaban J connectivity index is 2.45. The summed E-state index contributed by atoms with van der Waals surface area (Å²) >= 11 is 4.95. The van der Waals surface area contributed by atoms with E-state index in [0.717, 1.165) is 16.2 Å². The van der Waals surface area contributed by atoms with E-state index < -0.39 is 4.92 Å². The van der Waals surface area contributed by atoms with Crippen molar-refractivity contribution < 1.29 is 4.92 Å². The van der Waals surface area contributed by atoms with Crippen molar-refractivity contribution in [3.05, 3.63) is 33.9 Å². The molecule has 13 heavy (non-hydrogen) atoms. The molecule has 1 aromatic carbocycles. The van der Waals surface area contributed by atoms with Crippen molar-refractivity contribution in [1.82, 2.24) is 0 Å². The predicted octanol–water partition coefficient (Wildman–Crippen LogP) is 1.89. The average molecular weight is 194 g/mol. The van der Waals surface area contributed by atoms with Crippen LogP contribution in [0, 0.1) is 10.1 Å². The van der Waals surface area contributed by atoms with Crippen LogP contribution in [-0.2, 0) is 6.42 Å². The Bertz CT molecular complexity index is 403. The lowest BCUT2D eigenvalue weighted by molar-refractivity contribution is -0.384. The van der Waals surface area contributed by atoms with Crippen LogP contribution in [-0.4, -0.2) is 9.91 Å². The number of hydrogen-bond acceptors (Lipinski definition) is 3. The van der Waals surface area contributed by atoms with Crippen LogP contribution in [0.5, 0.6) is 0 Å². The molecular weight excluding hydrogens is 188 g/mol.